The van der Waals surface area contributed by atoms with Crippen molar-refractivity contribution in [3.8, 4) is 91.4 Å². The van der Waals surface area contributed by atoms with Crippen LogP contribution in [0, 0.1) is 34.0 Å². The molecule has 0 unspecified atom stereocenters. The quantitative estimate of drug-likeness (QED) is 0.150. The molecule has 0 N–H and O–H groups in total. The first-order valence-electron chi connectivity index (χ1n) is 26.7. The minimum absolute atomic E-state index is 0.386. The Kier molecular flexibility index (Phi) is 10.8. The number of para-hydroxylation sites is 4. The highest BCUT2D eigenvalue weighted by atomic mass is 15.0. The highest BCUT2D eigenvalue weighted by Gasteiger charge is 2.21. The fourth-order valence-corrected chi connectivity index (χ4v) is 12.1. The van der Waals surface area contributed by atoms with Gasteiger partial charge in [-0.05, 0) is 125 Å². The SMILES string of the molecule is N#Cc1cc(-c2ccc(-n3c4ccc(-n5c6ccccc6c6ccccc65)cc4c4cc(-n5c6ccccc6c6ccccc65)ccc43)cc2)ccc1-c1ccc(-c2cc(-c3ccccc3C#N)nc(-c3ccccc3C#N)n2)cc1. The van der Waals surface area contributed by atoms with Gasteiger partial charge in [0.15, 0.2) is 5.82 Å². The molecule has 0 atom stereocenters. The predicted molar refractivity (Wildman–Crippen MR) is 326 cm³/mol. The first-order valence-corrected chi connectivity index (χ1v) is 26.7. The Balaban J connectivity index is 0.803. The molecule has 0 saturated heterocycles. The molecule has 81 heavy (non-hydrogen) atoms. The minimum atomic E-state index is 0.386. The normalized spacial score (nSPS) is 11.4. The van der Waals surface area contributed by atoms with Gasteiger partial charge in [0.05, 0.1) is 79.4 Å². The van der Waals surface area contributed by atoms with E-state index in [2.05, 4.69) is 196 Å². The van der Waals surface area contributed by atoms with Crippen LogP contribution in [0.15, 0.2) is 255 Å². The zero-order valence-electron chi connectivity index (χ0n) is 43.3. The van der Waals surface area contributed by atoms with Gasteiger partial charge in [-0.15, -0.1) is 0 Å². The molecule has 11 aromatic carbocycles. The lowest BCUT2D eigenvalue weighted by Crippen LogP contribution is -1.98. The van der Waals surface area contributed by atoms with Crippen LogP contribution in [-0.2, 0) is 0 Å². The minimum Gasteiger partial charge on any atom is -0.309 e. The third-order valence-electron chi connectivity index (χ3n) is 15.8. The summed E-state index contributed by atoms with van der Waals surface area (Å²) in [6.45, 7) is 0. The molecule has 0 spiro atoms. The summed E-state index contributed by atoms with van der Waals surface area (Å²) < 4.78 is 7.14. The largest absolute Gasteiger partial charge is 0.309 e. The predicted octanol–water partition coefficient (Wildman–Crippen LogP) is 17.7. The van der Waals surface area contributed by atoms with Crippen LogP contribution in [0.4, 0.5) is 0 Å². The van der Waals surface area contributed by atoms with Crippen molar-refractivity contribution in [3.05, 3.63) is 271 Å². The van der Waals surface area contributed by atoms with Crippen molar-refractivity contribution in [2.45, 2.75) is 0 Å². The van der Waals surface area contributed by atoms with E-state index in [-0.39, 0.29) is 0 Å². The van der Waals surface area contributed by atoms with Gasteiger partial charge in [0.1, 0.15) is 0 Å². The second kappa shape index (κ2) is 18.8. The van der Waals surface area contributed by atoms with Gasteiger partial charge < -0.3 is 13.7 Å². The fourth-order valence-electron chi connectivity index (χ4n) is 12.1. The van der Waals surface area contributed by atoms with Gasteiger partial charge in [-0.25, -0.2) is 9.97 Å². The van der Waals surface area contributed by atoms with E-state index in [1.165, 1.54) is 21.5 Å². The molecule has 0 aliphatic carbocycles. The molecule has 0 fully saturated rings. The van der Waals surface area contributed by atoms with Gasteiger partial charge in [0, 0.05) is 66.1 Å². The Bertz CT molecular complexity index is 4860. The molecule has 15 rings (SSSR count). The number of hydrogen-bond acceptors (Lipinski definition) is 5. The van der Waals surface area contributed by atoms with Crippen LogP contribution in [0.2, 0.25) is 0 Å². The van der Waals surface area contributed by atoms with Gasteiger partial charge in [-0.1, -0.05) is 152 Å². The van der Waals surface area contributed by atoms with E-state index >= 15 is 0 Å². The molecule has 15 aromatic rings. The monoisotopic (exact) mass is 1030 g/mol. The van der Waals surface area contributed by atoms with E-state index in [4.69, 9.17) is 9.97 Å². The number of rotatable bonds is 8. The van der Waals surface area contributed by atoms with Crippen molar-refractivity contribution in [3.63, 3.8) is 0 Å². The van der Waals surface area contributed by atoms with Gasteiger partial charge >= 0.3 is 0 Å². The van der Waals surface area contributed by atoms with Crippen LogP contribution in [0.1, 0.15) is 16.7 Å². The molecule has 0 bridgehead atoms. The Morgan fingerprint density at radius 2 is 0.654 bits per heavy atom. The molecule has 8 nitrogen and oxygen atoms in total. The van der Waals surface area contributed by atoms with Crippen LogP contribution >= 0.6 is 0 Å². The van der Waals surface area contributed by atoms with Gasteiger partial charge in [0.2, 0.25) is 0 Å². The second-order valence-corrected chi connectivity index (χ2v) is 20.3. The maximum Gasteiger partial charge on any atom is 0.161 e. The second-order valence-electron chi connectivity index (χ2n) is 20.3. The molecular formula is C73H42N8. The Morgan fingerprint density at radius 1 is 0.259 bits per heavy atom. The van der Waals surface area contributed by atoms with Gasteiger partial charge in [-0.3, -0.25) is 0 Å². The van der Waals surface area contributed by atoms with Gasteiger partial charge in [0.25, 0.3) is 0 Å². The molecule has 4 heterocycles. The number of fused-ring (bicyclic) bond motifs is 9. The first kappa shape index (κ1) is 46.7. The summed E-state index contributed by atoms with van der Waals surface area (Å²) in [5, 5.41) is 37.8. The summed E-state index contributed by atoms with van der Waals surface area (Å²) in [4.78, 5) is 9.84. The molecule has 8 heteroatoms. The Labute approximate surface area is 465 Å². The van der Waals surface area contributed by atoms with Crippen LogP contribution in [0.5, 0.6) is 0 Å². The van der Waals surface area contributed by atoms with Gasteiger partial charge in [-0.2, -0.15) is 15.8 Å². The van der Waals surface area contributed by atoms with Crippen molar-refractivity contribution in [2.24, 2.45) is 0 Å². The number of aromatic nitrogens is 5. The lowest BCUT2D eigenvalue weighted by molar-refractivity contribution is 1.16. The smallest absolute Gasteiger partial charge is 0.161 e. The van der Waals surface area contributed by atoms with E-state index in [9.17, 15) is 15.8 Å². The van der Waals surface area contributed by atoms with Crippen LogP contribution in [-0.4, -0.2) is 23.7 Å². The van der Waals surface area contributed by atoms with Crippen molar-refractivity contribution in [1.29, 1.82) is 15.8 Å². The summed E-state index contributed by atoms with van der Waals surface area (Å²) in [5.41, 5.74) is 18.5. The molecular weight excluding hydrogens is 989 g/mol. The Morgan fingerprint density at radius 3 is 1.19 bits per heavy atom. The standard InChI is InChI=1S/C73H42N8/c74-43-50-13-1-3-15-57(50)66-42-65(77-73(78-66)58-16-4-2-14-51(58)44-75)48-27-25-47(26-28-48)56-36-31-49(39-52(56)45-76)46-29-32-53(33-30-46)79-71-37-34-54(80-67-21-9-5-17-59(67)60-18-6-10-22-68(60)80)40-63(71)64-41-55(35-38-72(64)79)81-69-23-11-7-19-61(69)62-20-8-12-24-70(62)81/h1-42H. The molecule has 0 aliphatic heterocycles. The molecule has 0 aliphatic rings. The van der Waals surface area contributed by atoms with E-state index in [1.54, 1.807) is 12.1 Å². The molecule has 0 amide bonds. The highest BCUT2D eigenvalue weighted by Crippen LogP contribution is 2.41. The van der Waals surface area contributed by atoms with E-state index in [1.807, 2.05) is 78.9 Å². The highest BCUT2D eigenvalue weighted by molar-refractivity contribution is 6.14. The number of nitrogens with zero attached hydrogens (tertiary/aromatic N) is 8. The topological polar surface area (TPSA) is 112 Å². The number of nitriles is 3. The third kappa shape index (κ3) is 7.58. The van der Waals surface area contributed by atoms with E-state index in [0.717, 1.165) is 88.8 Å². The molecule has 0 saturated carbocycles. The number of hydrogen-bond donors (Lipinski definition) is 0. The summed E-state index contributed by atoms with van der Waals surface area (Å²) in [6.07, 6.45) is 0. The summed E-state index contributed by atoms with van der Waals surface area (Å²) in [7, 11) is 0. The Hall–Kier alpha value is -11.6. The fraction of sp³-hybridized carbons (Fsp3) is 0. The van der Waals surface area contributed by atoms with Crippen LogP contribution in [0.3, 0.4) is 0 Å². The van der Waals surface area contributed by atoms with Crippen molar-refractivity contribution >= 4 is 65.4 Å². The van der Waals surface area contributed by atoms with Crippen LogP contribution < -0.4 is 0 Å². The average molecular weight is 1030 g/mol. The average Bonchev–Trinajstić information content (AvgIpc) is 4.03. The van der Waals surface area contributed by atoms with E-state index in [0.29, 0.717) is 45.0 Å². The van der Waals surface area contributed by atoms with E-state index < -0.39 is 0 Å². The number of benzene rings is 11. The first-order chi connectivity index (χ1) is 40.0. The summed E-state index contributed by atoms with van der Waals surface area (Å²) in [5.74, 6) is 0.386. The lowest BCUT2D eigenvalue weighted by Gasteiger charge is -2.13. The third-order valence-corrected chi connectivity index (χ3v) is 15.8. The zero-order chi connectivity index (χ0) is 54.1. The molecule has 374 valence electrons. The zero-order valence-corrected chi connectivity index (χ0v) is 43.3. The maximum absolute atomic E-state index is 10.7. The molecule has 4 aromatic heterocycles. The van der Waals surface area contributed by atoms with Crippen LogP contribution in [0.25, 0.3) is 139 Å². The summed E-state index contributed by atoms with van der Waals surface area (Å²) >= 11 is 0. The van der Waals surface area contributed by atoms with Crippen molar-refractivity contribution < 1.29 is 0 Å². The van der Waals surface area contributed by atoms with Crippen molar-refractivity contribution in [2.75, 3.05) is 0 Å². The van der Waals surface area contributed by atoms with Crippen molar-refractivity contribution in [1.82, 2.24) is 23.7 Å². The summed E-state index contributed by atoms with van der Waals surface area (Å²) in [6, 6.07) is 94.5. The molecule has 0 radical (unpaired) electrons. The maximum atomic E-state index is 10.7. The lowest BCUT2D eigenvalue weighted by atomic mass is 9.94.